The Morgan fingerprint density at radius 2 is 1.84 bits per heavy atom. The number of nitrogens with zero attached hydrogens (tertiary/aromatic N) is 2. The van der Waals surface area contributed by atoms with Crippen molar-refractivity contribution in [2.75, 3.05) is 7.11 Å². The monoisotopic (exact) mass is 352 g/mol. The van der Waals surface area contributed by atoms with Gasteiger partial charge < -0.3 is 5.11 Å². The van der Waals surface area contributed by atoms with E-state index in [2.05, 4.69) is 17.6 Å². The lowest BCUT2D eigenvalue weighted by Gasteiger charge is -2.07. The molecule has 1 aromatic heterocycles. The lowest BCUT2D eigenvalue weighted by molar-refractivity contribution is 0.399. The third-order valence-corrected chi connectivity index (χ3v) is 3.62. The predicted octanol–water partition coefficient (Wildman–Crippen LogP) is 5.70. The third kappa shape index (κ3) is 4.90. The van der Waals surface area contributed by atoms with Crippen molar-refractivity contribution in [1.29, 1.82) is 5.26 Å². The number of hydrogen-bond donors (Lipinski definition) is 1. The smallest absolute Gasteiger partial charge is 0.0991 e. The van der Waals surface area contributed by atoms with Crippen molar-refractivity contribution >= 4 is 28.6 Å². The number of halogens is 1. The number of aliphatic hydroxyl groups is 1. The van der Waals surface area contributed by atoms with Gasteiger partial charge in [0, 0.05) is 18.1 Å². The Balaban J connectivity index is 0.000000730. The van der Waals surface area contributed by atoms with Crippen molar-refractivity contribution in [3.05, 3.63) is 71.3 Å². The Kier molecular flexibility index (Phi) is 8.35. The normalized spacial score (nSPS) is 9.12. The maximum absolute atomic E-state index is 9.00. The zero-order chi connectivity index (χ0) is 18.8. The highest BCUT2D eigenvalue weighted by Crippen LogP contribution is 2.29. The fraction of sp³-hybridized carbons (Fsp3) is 0.143. The van der Waals surface area contributed by atoms with E-state index in [0.717, 1.165) is 34.8 Å². The van der Waals surface area contributed by atoms with Crippen molar-refractivity contribution in [2.45, 2.75) is 13.8 Å². The van der Waals surface area contributed by atoms with E-state index in [9.17, 15) is 0 Å². The van der Waals surface area contributed by atoms with Crippen molar-refractivity contribution in [1.82, 2.24) is 4.98 Å². The summed E-state index contributed by atoms with van der Waals surface area (Å²) < 4.78 is 0. The van der Waals surface area contributed by atoms with Crippen LogP contribution < -0.4 is 0 Å². The van der Waals surface area contributed by atoms with Gasteiger partial charge in [-0.3, -0.25) is 0 Å². The Bertz CT molecular complexity index is 898. The first-order chi connectivity index (χ1) is 12.2. The molecule has 0 unspecified atom stereocenters. The number of fused-ring (bicyclic) bond motifs is 1. The number of rotatable bonds is 2. The molecular formula is C21H21ClN2O. The van der Waals surface area contributed by atoms with Crippen LogP contribution in [0.1, 0.15) is 25.0 Å². The summed E-state index contributed by atoms with van der Waals surface area (Å²) in [6.45, 7) is 7.77. The molecule has 4 heteroatoms. The van der Waals surface area contributed by atoms with Crippen LogP contribution in [0.15, 0.2) is 55.1 Å². The summed E-state index contributed by atoms with van der Waals surface area (Å²) >= 11 is 6.35. The number of aromatic nitrogens is 1. The number of benzene rings is 2. The molecule has 0 radical (unpaired) electrons. The topological polar surface area (TPSA) is 56.9 Å². The maximum atomic E-state index is 9.00. The quantitative estimate of drug-likeness (QED) is 0.643. The number of hydrogen-bond acceptors (Lipinski definition) is 3. The zero-order valence-corrected chi connectivity index (χ0v) is 15.4. The van der Waals surface area contributed by atoms with E-state index in [1.807, 2.05) is 56.3 Å². The van der Waals surface area contributed by atoms with E-state index in [1.165, 1.54) is 0 Å². The maximum Gasteiger partial charge on any atom is 0.0991 e. The molecule has 0 spiro atoms. The highest BCUT2D eigenvalue weighted by molar-refractivity contribution is 6.35. The molecule has 128 valence electrons. The van der Waals surface area contributed by atoms with Gasteiger partial charge in [0.15, 0.2) is 0 Å². The predicted molar refractivity (Wildman–Crippen MR) is 106 cm³/mol. The molecule has 0 aliphatic heterocycles. The fourth-order valence-electron chi connectivity index (χ4n) is 2.23. The Hall–Kier alpha value is -2.67. The van der Waals surface area contributed by atoms with Gasteiger partial charge in [0.05, 0.1) is 27.9 Å². The van der Waals surface area contributed by atoms with E-state index in [-0.39, 0.29) is 0 Å². The standard InChI is InChI=1S/C18H11ClN2.C2H6.CH4O/c1-2-12-6-7-15-16(19)10-17(21-18(15)9-12)14-5-3-4-13(8-14)11-20;2*1-2/h2-10H,1H2;1-2H3;2H,1H3. The molecule has 3 rings (SSSR count). The van der Waals surface area contributed by atoms with Gasteiger partial charge in [0.2, 0.25) is 0 Å². The molecule has 25 heavy (non-hydrogen) atoms. The molecule has 1 heterocycles. The fourth-order valence-corrected chi connectivity index (χ4v) is 2.49. The van der Waals surface area contributed by atoms with E-state index in [1.54, 1.807) is 12.1 Å². The van der Waals surface area contributed by atoms with E-state index in [4.69, 9.17) is 22.0 Å². The summed E-state index contributed by atoms with van der Waals surface area (Å²) in [6.07, 6.45) is 1.78. The minimum atomic E-state index is 0.602. The molecule has 2 aromatic carbocycles. The Morgan fingerprint density at radius 1 is 1.12 bits per heavy atom. The van der Waals surface area contributed by atoms with Crippen LogP contribution in [-0.2, 0) is 0 Å². The molecule has 0 fully saturated rings. The van der Waals surface area contributed by atoms with Crippen molar-refractivity contribution in [3.8, 4) is 17.3 Å². The van der Waals surface area contributed by atoms with Crippen molar-refractivity contribution in [3.63, 3.8) is 0 Å². The van der Waals surface area contributed by atoms with Gasteiger partial charge in [-0.15, -0.1) is 0 Å². The van der Waals surface area contributed by atoms with Gasteiger partial charge in [-0.2, -0.15) is 5.26 Å². The van der Waals surface area contributed by atoms with Crippen LogP contribution in [-0.4, -0.2) is 17.2 Å². The summed E-state index contributed by atoms with van der Waals surface area (Å²) in [6, 6.07) is 17.1. The summed E-state index contributed by atoms with van der Waals surface area (Å²) in [5.74, 6) is 0. The average Bonchev–Trinajstić information content (AvgIpc) is 2.70. The molecule has 3 nitrogen and oxygen atoms in total. The highest BCUT2D eigenvalue weighted by atomic mass is 35.5. The first-order valence-corrected chi connectivity index (χ1v) is 8.27. The van der Waals surface area contributed by atoms with Crippen LogP contribution in [0, 0.1) is 11.3 Å². The summed E-state index contributed by atoms with van der Waals surface area (Å²) in [7, 11) is 1.00. The lowest BCUT2D eigenvalue weighted by atomic mass is 10.1. The second-order valence-corrected chi connectivity index (χ2v) is 5.07. The minimum Gasteiger partial charge on any atom is -0.400 e. The minimum absolute atomic E-state index is 0.602. The molecule has 0 aliphatic carbocycles. The van der Waals surface area contributed by atoms with Crippen LogP contribution in [0.25, 0.3) is 28.2 Å². The molecule has 0 saturated carbocycles. The molecule has 0 amide bonds. The Morgan fingerprint density at radius 3 is 2.48 bits per heavy atom. The molecule has 0 bridgehead atoms. The Labute approximate surface area is 153 Å². The first-order valence-electron chi connectivity index (χ1n) is 7.89. The van der Waals surface area contributed by atoms with Gasteiger partial charge in [-0.05, 0) is 29.8 Å². The van der Waals surface area contributed by atoms with Gasteiger partial charge in [0.1, 0.15) is 0 Å². The van der Waals surface area contributed by atoms with Gasteiger partial charge >= 0.3 is 0 Å². The van der Waals surface area contributed by atoms with Crippen LogP contribution in [0.2, 0.25) is 5.02 Å². The highest BCUT2D eigenvalue weighted by Gasteiger charge is 2.07. The molecule has 3 aromatic rings. The average molecular weight is 353 g/mol. The zero-order valence-electron chi connectivity index (χ0n) is 14.6. The number of pyridine rings is 1. The summed E-state index contributed by atoms with van der Waals surface area (Å²) in [5, 5.41) is 17.5. The summed E-state index contributed by atoms with van der Waals surface area (Å²) in [5.41, 5.74) is 4.05. The molecule has 0 aliphatic rings. The van der Waals surface area contributed by atoms with Crippen LogP contribution >= 0.6 is 11.6 Å². The van der Waals surface area contributed by atoms with Crippen LogP contribution in [0.5, 0.6) is 0 Å². The number of nitriles is 1. The van der Waals surface area contributed by atoms with E-state index >= 15 is 0 Å². The van der Waals surface area contributed by atoms with Gasteiger partial charge in [0.25, 0.3) is 0 Å². The summed E-state index contributed by atoms with van der Waals surface area (Å²) in [4.78, 5) is 4.65. The SMILES string of the molecule is C=Cc1ccc2c(Cl)cc(-c3cccc(C#N)c3)nc2c1.CC.CO. The molecule has 1 N–H and O–H groups in total. The molecule has 0 saturated heterocycles. The van der Waals surface area contributed by atoms with Crippen molar-refractivity contribution in [2.24, 2.45) is 0 Å². The van der Waals surface area contributed by atoms with E-state index in [0.29, 0.717) is 10.6 Å². The van der Waals surface area contributed by atoms with Crippen LogP contribution in [0.4, 0.5) is 0 Å². The molecule has 0 atom stereocenters. The van der Waals surface area contributed by atoms with Crippen LogP contribution in [0.3, 0.4) is 0 Å². The van der Waals surface area contributed by atoms with Crippen molar-refractivity contribution < 1.29 is 5.11 Å². The van der Waals surface area contributed by atoms with Gasteiger partial charge in [-0.1, -0.05) is 62.4 Å². The molecular weight excluding hydrogens is 332 g/mol. The second-order valence-electron chi connectivity index (χ2n) is 4.66. The number of aliphatic hydroxyl groups excluding tert-OH is 1. The third-order valence-electron chi connectivity index (χ3n) is 3.31. The lowest BCUT2D eigenvalue weighted by Crippen LogP contribution is -1.88. The second kappa shape index (κ2) is 10.2. The largest absolute Gasteiger partial charge is 0.400 e. The van der Waals surface area contributed by atoms with Gasteiger partial charge in [-0.25, -0.2) is 4.98 Å². The van der Waals surface area contributed by atoms with E-state index < -0.39 is 0 Å². The first kappa shape index (κ1) is 20.4.